The van der Waals surface area contributed by atoms with Gasteiger partial charge in [0, 0.05) is 22.4 Å². The zero-order valence-corrected chi connectivity index (χ0v) is 12.4. The first-order valence-electron chi connectivity index (χ1n) is 5.80. The normalized spacial score (nSPS) is 12.6. The second-order valence-electron chi connectivity index (χ2n) is 4.63. The van der Waals surface area contributed by atoms with Gasteiger partial charge in [-0.1, -0.05) is 36.7 Å². The van der Waals surface area contributed by atoms with Crippen molar-refractivity contribution in [3.63, 3.8) is 0 Å². The van der Waals surface area contributed by atoms with Crippen molar-refractivity contribution in [2.75, 3.05) is 7.11 Å². The van der Waals surface area contributed by atoms with Crippen molar-refractivity contribution >= 4 is 21.7 Å². The van der Waals surface area contributed by atoms with E-state index in [9.17, 15) is 4.79 Å². The minimum atomic E-state index is 0.0821. The smallest absolute Gasteiger partial charge is 0.140 e. The molecule has 1 unspecified atom stereocenters. The Balaban J connectivity index is 2.87. The van der Waals surface area contributed by atoms with Crippen LogP contribution in [0.25, 0.3) is 0 Å². The Morgan fingerprint density at radius 1 is 1.35 bits per heavy atom. The van der Waals surface area contributed by atoms with Gasteiger partial charge in [-0.25, -0.2) is 0 Å². The van der Waals surface area contributed by atoms with Gasteiger partial charge in [-0.2, -0.15) is 0 Å². The van der Waals surface area contributed by atoms with Crippen molar-refractivity contribution in [3.05, 3.63) is 28.2 Å². The van der Waals surface area contributed by atoms with E-state index in [1.165, 1.54) is 0 Å². The topological polar surface area (TPSA) is 26.3 Å². The summed E-state index contributed by atoms with van der Waals surface area (Å²) in [6.07, 6.45) is 0.433. The van der Waals surface area contributed by atoms with Crippen LogP contribution >= 0.6 is 15.9 Å². The molecule has 0 saturated heterocycles. The second kappa shape index (κ2) is 6.20. The predicted molar refractivity (Wildman–Crippen MR) is 73.4 cm³/mol. The molecule has 0 N–H and O–H groups in total. The fourth-order valence-corrected chi connectivity index (χ4v) is 2.01. The highest BCUT2D eigenvalue weighted by molar-refractivity contribution is 9.10. The number of methoxy groups -OCH3 is 1. The van der Waals surface area contributed by atoms with E-state index in [1.807, 2.05) is 25.1 Å². The molecule has 1 aromatic rings. The van der Waals surface area contributed by atoms with E-state index in [4.69, 9.17) is 4.74 Å². The maximum atomic E-state index is 12.1. The second-order valence-corrected chi connectivity index (χ2v) is 5.55. The van der Waals surface area contributed by atoms with Gasteiger partial charge < -0.3 is 4.74 Å². The number of rotatable bonds is 5. The highest BCUT2D eigenvalue weighted by atomic mass is 79.9. The van der Waals surface area contributed by atoms with Crippen molar-refractivity contribution in [2.45, 2.75) is 27.2 Å². The van der Waals surface area contributed by atoms with E-state index in [-0.39, 0.29) is 11.7 Å². The quantitative estimate of drug-likeness (QED) is 0.825. The summed E-state index contributed by atoms with van der Waals surface area (Å²) in [6, 6.07) is 5.75. The van der Waals surface area contributed by atoms with Gasteiger partial charge in [0.25, 0.3) is 0 Å². The van der Waals surface area contributed by atoms with Crippen LogP contribution in [0.3, 0.4) is 0 Å². The summed E-state index contributed by atoms with van der Waals surface area (Å²) in [7, 11) is 1.63. The van der Waals surface area contributed by atoms with Crippen molar-refractivity contribution in [1.82, 2.24) is 0 Å². The molecule has 0 heterocycles. The maximum absolute atomic E-state index is 12.1. The van der Waals surface area contributed by atoms with Gasteiger partial charge in [0.15, 0.2) is 0 Å². The number of ether oxygens (including phenoxy) is 1. The molecule has 0 spiro atoms. The molecule has 17 heavy (non-hydrogen) atoms. The summed E-state index contributed by atoms with van der Waals surface area (Å²) < 4.78 is 6.24. The van der Waals surface area contributed by atoms with E-state index in [1.54, 1.807) is 7.11 Å². The van der Waals surface area contributed by atoms with Gasteiger partial charge in [-0.05, 0) is 24.1 Å². The summed E-state index contributed by atoms with van der Waals surface area (Å²) in [4.78, 5) is 12.1. The minimum absolute atomic E-state index is 0.0821. The van der Waals surface area contributed by atoms with Crippen LogP contribution in [0, 0.1) is 11.8 Å². The molecule has 0 aromatic heterocycles. The highest BCUT2D eigenvalue weighted by Crippen LogP contribution is 2.25. The Kier molecular flexibility index (Phi) is 5.19. The lowest BCUT2D eigenvalue weighted by Gasteiger charge is -2.15. The SMILES string of the molecule is COc1ccc(Br)cc1CC(=O)C(C)C(C)C. The number of carbonyl (C=O) groups excluding carboxylic acids is 1. The van der Waals surface area contributed by atoms with E-state index in [0.717, 1.165) is 15.8 Å². The molecule has 1 aromatic carbocycles. The summed E-state index contributed by atoms with van der Waals surface area (Å²) in [5, 5.41) is 0. The molecule has 0 fully saturated rings. The molecule has 0 saturated carbocycles. The lowest BCUT2D eigenvalue weighted by molar-refractivity contribution is -0.122. The van der Waals surface area contributed by atoms with E-state index < -0.39 is 0 Å². The average Bonchev–Trinajstić information content (AvgIpc) is 2.28. The molecule has 2 nitrogen and oxygen atoms in total. The number of ketones is 1. The summed E-state index contributed by atoms with van der Waals surface area (Å²) >= 11 is 3.41. The van der Waals surface area contributed by atoms with Crippen LogP contribution in [-0.4, -0.2) is 12.9 Å². The fourth-order valence-electron chi connectivity index (χ4n) is 1.61. The number of halogens is 1. The minimum Gasteiger partial charge on any atom is -0.496 e. The van der Waals surface area contributed by atoms with E-state index in [2.05, 4.69) is 29.8 Å². The number of carbonyl (C=O) groups is 1. The van der Waals surface area contributed by atoms with Gasteiger partial charge in [0.05, 0.1) is 7.11 Å². The van der Waals surface area contributed by atoms with Crippen molar-refractivity contribution in [1.29, 1.82) is 0 Å². The summed E-state index contributed by atoms with van der Waals surface area (Å²) in [6.45, 7) is 6.12. The van der Waals surface area contributed by atoms with Gasteiger partial charge in [-0.3, -0.25) is 4.79 Å². The third-order valence-corrected chi connectivity index (χ3v) is 3.61. The molecule has 0 amide bonds. The largest absolute Gasteiger partial charge is 0.496 e. The number of Topliss-reactive ketones (excluding diaryl/α,β-unsaturated/α-hetero) is 1. The first-order chi connectivity index (χ1) is 7.95. The lowest BCUT2D eigenvalue weighted by atomic mass is 9.90. The molecule has 3 heteroatoms. The first-order valence-corrected chi connectivity index (χ1v) is 6.60. The Hall–Kier alpha value is -0.830. The van der Waals surface area contributed by atoms with Gasteiger partial charge in [0.2, 0.25) is 0 Å². The molecule has 0 aliphatic heterocycles. The third kappa shape index (κ3) is 3.84. The Morgan fingerprint density at radius 2 is 2.00 bits per heavy atom. The van der Waals surface area contributed by atoms with Crippen LogP contribution in [0.2, 0.25) is 0 Å². The number of hydrogen-bond acceptors (Lipinski definition) is 2. The predicted octanol–water partition coefficient (Wildman–Crippen LogP) is 3.86. The van der Waals surface area contributed by atoms with Crippen molar-refractivity contribution < 1.29 is 9.53 Å². The van der Waals surface area contributed by atoms with Crippen LogP contribution in [0.4, 0.5) is 0 Å². The molecular formula is C14H19BrO2. The van der Waals surface area contributed by atoms with Crippen LogP contribution in [0.15, 0.2) is 22.7 Å². The maximum Gasteiger partial charge on any atom is 0.140 e. The molecule has 1 atom stereocenters. The van der Waals surface area contributed by atoms with E-state index >= 15 is 0 Å². The van der Waals surface area contributed by atoms with Crippen LogP contribution in [0.5, 0.6) is 5.75 Å². The zero-order valence-electron chi connectivity index (χ0n) is 10.8. The molecular weight excluding hydrogens is 280 g/mol. The molecule has 1 rings (SSSR count). The molecule has 0 radical (unpaired) electrons. The Bertz CT molecular complexity index is 399. The Labute approximate surface area is 111 Å². The Morgan fingerprint density at radius 3 is 2.53 bits per heavy atom. The standard InChI is InChI=1S/C14H19BrO2/c1-9(2)10(3)13(16)8-11-7-12(15)5-6-14(11)17-4/h5-7,9-10H,8H2,1-4H3. The number of benzene rings is 1. The monoisotopic (exact) mass is 298 g/mol. The van der Waals surface area contributed by atoms with Gasteiger partial charge in [-0.15, -0.1) is 0 Å². The molecule has 0 aliphatic carbocycles. The van der Waals surface area contributed by atoms with Crippen LogP contribution in [0.1, 0.15) is 26.3 Å². The first kappa shape index (κ1) is 14.2. The van der Waals surface area contributed by atoms with E-state index in [0.29, 0.717) is 12.3 Å². The third-order valence-electron chi connectivity index (χ3n) is 3.11. The number of hydrogen-bond donors (Lipinski definition) is 0. The van der Waals surface area contributed by atoms with Gasteiger partial charge >= 0.3 is 0 Å². The van der Waals surface area contributed by atoms with Crippen LogP contribution < -0.4 is 4.74 Å². The molecule has 0 bridgehead atoms. The highest BCUT2D eigenvalue weighted by Gasteiger charge is 2.18. The molecule has 94 valence electrons. The van der Waals surface area contributed by atoms with Gasteiger partial charge in [0.1, 0.15) is 11.5 Å². The van der Waals surface area contributed by atoms with Crippen LogP contribution in [-0.2, 0) is 11.2 Å². The van der Waals surface area contributed by atoms with Crippen molar-refractivity contribution in [3.8, 4) is 5.75 Å². The molecule has 0 aliphatic rings. The average molecular weight is 299 g/mol. The fraction of sp³-hybridized carbons (Fsp3) is 0.500. The summed E-state index contributed by atoms with van der Waals surface area (Å²) in [5.41, 5.74) is 0.944. The van der Waals surface area contributed by atoms with Crippen molar-refractivity contribution in [2.24, 2.45) is 11.8 Å². The summed E-state index contributed by atoms with van der Waals surface area (Å²) in [5.74, 6) is 1.49. The zero-order chi connectivity index (χ0) is 13.0. The lowest BCUT2D eigenvalue weighted by Crippen LogP contribution is -2.19.